The predicted molar refractivity (Wildman–Crippen MR) is 65.4 cm³/mol. The zero-order chi connectivity index (χ0) is 10.7. The van der Waals surface area contributed by atoms with Gasteiger partial charge in [-0.05, 0) is 38.6 Å². The zero-order valence-corrected chi connectivity index (χ0v) is 10.5. The van der Waals surface area contributed by atoms with E-state index < -0.39 is 0 Å². The first-order valence-corrected chi connectivity index (χ1v) is 6.68. The maximum Gasteiger partial charge on any atom is 0.0897 e. The third kappa shape index (κ3) is 2.58. The quantitative estimate of drug-likeness (QED) is 0.850. The second-order valence-electron chi connectivity index (χ2n) is 4.77. The summed E-state index contributed by atoms with van der Waals surface area (Å²) in [4.78, 5) is 4.59. The Kier molecular flexibility index (Phi) is 3.42. The van der Waals surface area contributed by atoms with Gasteiger partial charge in [0.15, 0.2) is 0 Å². The number of aromatic nitrogens is 1. The van der Waals surface area contributed by atoms with Crippen molar-refractivity contribution in [3.05, 3.63) is 16.1 Å². The van der Waals surface area contributed by atoms with Crippen LogP contribution < -0.4 is 5.32 Å². The van der Waals surface area contributed by atoms with Crippen LogP contribution in [-0.4, -0.2) is 18.6 Å². The molecule has 0 unspecified atom stereocenters. The van der Waals surface area contributed by atoms with Gasteiger partial charge in [-0.3, -0.25) is 0 Å². The standard InChI is InChI=1S/C12H20N2S/c1-10-14-11(8-15-10)7-12(9-13-2)5-3-4-6-12/h8,13H,3-7,9H2,1-2H3. The molecular formula is C12H20N2S. The van der Waals surface area contributed by atoms with E-state index in [1.807, 2.05) is 0 Å². The molecule has 0 atom stereocenters. The molecule has 0 spiro atoms. The minimum atomic E-state index is 0.495. The number of aryl methyl sites for hydroxylation is 1. The first-order chi connectivity index (χ1) is 7.24. The lowest BCUT2D eigenvalue weighted by Gasteiger charge is -2.27. The number of nitrogens with zero attached hydrogens (tertiary/aromatic N) is 1. The van der Waals surface area contributed by atoms with Gasteiger partial charge in [0.05, 0.1) is 10.7 Å². The van der Waals surface area contributed by atoms with E-state index in [9.17, 15) is 0 Å². The normalized spacial score (nSPS) is 19.6. The van der Waals surface area contributed by atoms with Gasteiger partial charge in [0.1, 0.15) is 0 Å². The molecule has 0 radical (unpaired) electrons. The van der Waals surface area contributed by atoms with Gasteiger partial charge in [-0.15, -0.1) is 11.3 Å². The van der Waals surface area contributed by atoms with Crippen LogP contribution in [0, 0.1) is 12.3 Å². The van der Waals surface area contributed by atoms with Crippen LogP contribution in [0.25, 0.3) is 0 Å². The molecule has 0 amide bonds. The Bertz CT molecular complexity index is 313. The topological polar surface area (TPSA) is 24.9 Å². The van der Waals surface area contributed by atoms with E-state index >= 15 is 0 Å². The van der Waals surface area contributed by atoms with Gasteiger partial charge in [0.2, 0.25) is 0 Å². The summed E-state index contributed by atoms with van der Waals surface area (Å²) in [5, 5.41) is 6.78. The fourth-order valence-electron chi connectivity index (χ4n) is 2.79. The second-order valence-corrected chi connectivity index (χ2v) is 5.83. The molecule has 1 aliphatic carbocycles. The van der Waals surface area contributed by atoms with Crippen LogP contribution >= 0.6 is 11.3 Å². The van der Waals surface area contributed by atoms with E-state index in [1.54, 1.807) is 11.3 Å². The third-order valence-corrected chi connectivity index (χ3v) is 4.26. The number of rotatable bonds is 4. The number of hydrogen-bond donors (Lipinski definition) is 1. The van der Waals surface area contributed by atoms with Crippen molar-refractivity contribution >= 4 is 11.3 Å². The fraction of sp³-hybridized carbons (Fsp3) is 0.750. The highest BCUT2D eigenvalue weighted by molar-refractivity contribution is 7.09. The molecule has 1 aromatic rings. The average Bonchev–Trinajstić information content (AvgIpc) is 2.78. The van der Waals surface area contributed by atoms with Gasteiger partial charge in [-0.1, -0.05) is 12.8 Å². The Balaban J connectivity index is 2.06. The Morgan fingerprint density at radius 1 is 1.47 bits per heavy atom. The highest BCUT2D eigenvalue weighted by atomic mass is 32.1. The van der Waals surface area contributed by atoms with E-state index in [4.69, 9.17) is 0 Å². The van der Waals surface area contributed by atoms with E-state index in [2.05, 4.69) is 29.7 Å². The van der Waals surface area contributed by atoms with Crippen molar-refractivity contribution in [2.75, 3.05) is 13.6 Å². The van der Waals surface area contributed by atoms with Gasteiger partial charge < -0.3 is 5.32 Å². The molecule has 0 aliphatic heterocycles. The van der Waals surface area contributed by atoms with Gasteiger partial charge in [0, 0.05) is 11.9 Å². The van der Waals surface area contributed by atoms with E-state index in [0.29, 0.717) is 5.41 Å². The molecule has 1 aliphatic rings. The Hall–Kier alpha value is -0.410. The van der Waals surface area contributed by atoms with Crippen LogP contribution in [0.5, 0.6) is 0 Å². The summed E-state index contributed by atoms with van der Waals surface area (Å²) in [7, 11) is 2.06. The minimum absolute atomic E-state index is 0.495. The summed E-state index contributed by atoms with van der Waals surface area (Å²) in [6, 6.07) is 0. The van der Waals surface area contributed by atoms with Crippen LogP contribution in [0.3, 0.4) is 0 Å². The molecule has 15 heavy (non-hydrogen) atoms. The Morgan fingerprint density at radius 3 is 2.73 bits per heavy atom. The van der Waals surface area contributed by atoms with Gasteiger partial charge in [0.25, 0.3) is 0 Å². The lowest BCUT2D eigenvalue weighted by atomic mass is 9.81. The second kappa shape index (κ2) is 4.62. The van der Waals surface area contributed by atoms with E-state index in [0.717, 1.165) is 13.0 Å². The maximum atomic E-state index is 4.59. The van der Waals surface area contributed by atoms with Crippen molar-refractivity contribution in [1.82, 2.24) is 10.3 Å². The molecular weight excluding hydrogens is 204 g/mol. The summed E-state index contributed by atoms with van der Waals surface area (Å²) >= 11 is 1.77. The number of thiazole rings is 1. The molecule has 1 heterocycles. The molecule has 1 aromatic heterocycles. The highest BCUT2D eigenvalue weighted by Crippen LogP contribution is 2.40. The monoisotopic (exact) mass is 224 g/mol. The van der Waals surface area contributed by atoms with Crippen LogP contribution in [-0.2, 0) is 6.42 Å². The minimum Gasteiger partial charge on any atom is -0.319 e. The maximum absolute atomic E-state index is 4.59. The van der Waals surface area contributed by atoms with Crippen molar-refractivity contribution in [2.45, 2.75) is 39.0 Å². The summed E-state index contributed by atoms with van der Waals surface area (Å²) in [6.45, 7) is 3.23. The van der Waals surface area contributed by atoms with Crippen LogP contribution in [0.2, 0.25) is 0 Å². The summed E-state index contributed by atoms with van der Waals surface area (Å²) in [5.74, 6) is 0. The zero-order valence-electron chi connectivity index (χ0n) is 9.68. The SMILES string of the molecule is CNCC1(Cc2csc(C)n2)CCCC1. The lowest BCUT2D eigenvalue weighted by molar-refractivity contribution is 0.283. The molecule has 0 saturated heterocycles. The van der Waals surface area contributed by atoms with Gasteiger partial charge in [-0.25, -0.2) is 4.98 Å². The van der Waals surface area contributed by atoms with Gasteiger partial charge >= 0.3 is 0 Å². The number of hydrogen-bond acceptors (Lipinski definition) is 3. The van der Waals surface area contributed by atoms with Crippen molar-refractivity contribution in [2.24, 2.45) is 5.41 Å². The molecule has 0 bridgehead atoms. The summed E-state index contributed by atoms with van der Waals surface area (Å²) < 4.78 is 0. The van der Waals surface area contributed by atoms with Crippen LogP contribution in [0.1, 0.15) is 36.4 Å². The highest BCUT2D eigenvalue weighted by Gasteiger charge is 2.33. The summed E-state index contributed by atoms with van der Waals surface area (Å²) in [5.41, 5.74) is 1.80. The summed E-state index contributed by atoms with van der Waals surface area (Å²) in [6.07, 6.45) is 6.68. The van der Waals surface area contributed by atoms with Crippen LogP contribution in [0.15, 0.2) is 5.38 Å². The third-order valence-electron chi connectivity index (χ3n) is 3.44. The van der Waals surface area contributed by atoms with Gasteiger partial charge in [-0.2, -0.15) is 0 Å². The fourth-order valence-corrected chi connectivity index (χ4v) is 3.40. The van der Waals surface area contributed by atoms with Crippen molar-refractivity contribution < 1.29 is 0 Å². The van der Waals surface area contributed by atoms with Crippen molar-refractivity contribution in [3.8, 4) is 0 Å². The smallest absolute Gasteiger partial charge is 0.0897 e. The first-order valence-electron chi connectivity index (χ1n) is 5.80. The predicted octanol–water partition coefficient (Wildman–Crippen LogP) is 2.77. The average molecular weight is 224 g/mol. The van der Waals surface area contributed by atoms with E-state index in [-0.39, 0.29) is 0 Å². The molecule has 2 nitrogen and oxygen atoms in total. The van der Waals surface area contributed by atoms with Crippen molar-refractivity contribution in [1.29, 1.82) is 0 Å². The molecule has 84 valence electrons. The Labute approximate surface area is 96.1 Å². The first kappa shape index (κ1) is 11.1. The molecule has 0 aromatic carbocycles. The van der Waals surface area contributed by atoms with Crippen LogP contribution in [0.4, 0.5) is 0 Å². The molecule has 3 heteroatoms. The molecule has 1 saturated carbocycles. The largest absolute Gasteiger partial charge is 0.319 e. The molecule has 1 fully saturated rings. The van der Waals surface area contributed by atoms with Crippen molar-refractivity contribution in [3.63, 3.8) is 0 Å². The molecule has 1 N–H and O–H groups in total. The molecule has 2 rings (SSSR count). The van der Waals surface area contributed by atoms with E-state index in [1.165, 1.54) is 36.4 Å². The number of nitrogens with one attached hydrogen (secondary N) is 1. The Morgan fingerprint density at radius 2 is 2.20 bits per heavy atom. The lowest BCUT2D eigenvalue weighted by Crippen LogP contribution is -2.32.